The topological polar surface area (TPSA) is 92.5 Å². The number of hydrogen-bond donors (Lipinski definition) is 2. The minimum Gasteiger partial charge on any atom is -0.349 e. The zero-order valence-electron chi connectivity index (χ0n) is 12.6. The van der Waals surface area contributed by atoms with Crippen LogP contribution in [0.25, 0.3) is 0 Å². The molecule has 2 amide bonds. The van der Waals surface area contributed by atoms with Gasteiger partial charge in [0.15, 0.2) is 0 Å². The highest BCUT2D eigenvalue weighted by Gasteiger charge is 2.29. The summed E-state index contributed by atoms with van der Waals surface area (Å²) in [5, 5.41) is 2.63. The first-order valence-corrected chi connectivity index (χ1v) is 7.41. The van der Waals surface area contributed by atoms with Crippen LogP contribution in [-0.2, 0) is 20.9 Å². The van der Waals surface area contributed by atoms with Gasteiger partial charge in [-0.1, -0.05) is 12.1 Å². The lowest BCUT2D eigenvalue weighted by atomic mass is 10.1. The highest BCUT2D eigenvalue weighted by atomic mass is 16.2. The van der Waals surface area contributed by atoms with Crippen LogP contribution < -0.4 is 16.0 Å². The Labute approximate surface area is 129 Å². The van der Waals surface area contributed by atoms with Gasteiger partial charge in [0.1, 0.15) is 6.04 Å². The third kappa shape index (κ3) is 3.92. The van der Waals surface area contributed by atoms with Crippen LogP contribution in [0.4, 0.5) is 5.69 Å². The monoisotopic (exact) mass is 303 g/mol. The number of anilines is 1. The van der Waals surface area contributed by atoms with Crippen LogP contribution in [0, 0.1) is 5.92 Å². The van der Waals surface area contributed by atoms with Crippen molar-refractivity contribution < 1.29 is 14.4 Å². The van der Waals surface area contributed by atoms with E-state index in [-0.39, 0.29) is 0 Å². The fraction of sp³-hybridized carbons (Fsp3) is 0.438. The van der Waals surface area contributed by atoms with Crippen molar-refractivity contribution in [3.8, 4) is 0 Å². The van der Waals surface area contributed by atoms with E-state index >= 15 is 0 Å². The molecule has 6 nitrogen and oxygen atoms in total. The van der Waals surface area contributed by atoms with Crippen LogP contribution in [0.1, 0.15) is 25.3 Å². The molecule has 6 heteroatoms. The van der Waals surface area contributed by atoms with Crippen LogP contribution in [0.2, 0.25) is 0 Å². The molecule has 0 spiro atoms. The number of Topliss-reactive ketones (excluding diaryl/α,β-unsaturated/α-hetero) is 1. The second-order valence-corrected chi connectivity index (χ2v) is 5.58. The molecule has 3 N–H and O–H groups in total. The zero-order chi connectivity index (χ0) is 16.1. The van der Waals surface area contributed by atoms with Gasteiger partial charge >= 0.3 is 0 Å². The largest absolute Gasteiger partial charge is 0.349 e. The number of nitrogens with one attached hydrogen (secondary N) is 1. The molecule has 0 saturated heterocycles. The first-order chi connectivity index (χ1) is 10.6. The first-order valence-electron chi connectivity index (χ1n) is 7.41. The molecule has 1 atom stereocenters. The number of carbonyl (C=O) groups is 3. The second kappa shape index (κ2) is 7.17. The smallest absolute Gasteiger partial charge is 0.289 e. The van der Waals surface area contributed by atoms with Crippen LogP contribution >= 0.6 is 0 Å². The molecule has 0 bridgehead atoms. The molecule has 0 aromatic heterocycles. The highest BCUT2D eigenvalue weighted by Crippen LogP contribution is 2.27. The van der Waals surface area contributed by atoms with E-state index in [0.29, 0.717) is 31.1 Å². The average molecular weight is 303 g/mol. The van der Waals surface area contributed by atoms with Crippen molar-refractivity contribution >= 4 is 23.8 Å². The summed E-state index contributed by atoms with van der Waals surface area (Å²) in [7, 11) is 0. The Morgan fingerprint density at radius 3 is 2.50 bits per heavy atom. The van der Waals surface area contributed by atoms with Gasteiger partial charge in [0.25, 0.3) is 5.91 Å². The van der Waals surface area contributed by atoms with Gasteiger partial charge in [-0.2, -0.15) is 0 Å². The van der Waals surface area contributed by atoms with Crippen molar-refractivity contribution in [2.45, 2.75) is 32.4 Å². The maximum atomic E-state index is 12.1. The molecule has 118 valence electrons. The average Bonchev–Trinajstić information content (AvgIpc) is 3.37. The van der Waals surface area contributed by atoms with E-state index in [2.05, 4.69) is 5.32 Å². The Balaban J connectivity index is 2.02. The van der Waals surface area contributed by atoms with Crippen LogP contribution in [-0.4, -0.2) is 30.7 Å². The van der Waals surface area contributed by atoms with Crippen molar-refractivity contribution in [3.63, 3.8) is 0 Å². The van der Waals surface area contributed by atoms with Crippen LogP contribution in [0.15, 0.2) is 24.3 Å². The van der Waals surface area contributed by atoms with Gasteiger partial charge in [0, 0.05) is 18.8 Å². The molecule has 1 saturated carbocycles. The first kappa shape index (κ1) is 16.2. The lowest BCUT2D eigenvalue weighted by Crippen LogP contribution is -2.46. The molecule has 2 rings (SSSR count). The van der Waals surface area contributed by atoms with Gasteiger partial charge in [-0.05, 0) is 43.4 Å². The van der Waals surface area contributed by atoms with Gasteiger partial charge in [-0.15, -0.1) is 0 Å². The molecule has 1 unspecified atom stereocenters. The number of ketones is 1. The summed E-state index contributed by atoms with van der Waals surface area (Å²) in [4.78, 5) is 36.6. The highest BCUT2D eigenvalue weighted by molar-refractivity contribution is 6.39. The third-order valence-electron chi connectivity index (χ3n) is 3.85. The standard InChI is InChI=1S/C16H21N3O3/c1-11(15(21)16(22)18-9-13-2-3-13)19(10-20)14-6-4-12(8-17)5-7-14/h4-7,10-11,13H,2-3,8-9,17H2,1H3,(H,18,22). The van der Waals surface area contributed by atoms with E-state index in [1.165, 1.54) is 4.90 Å². The predicted molar refractivity (Wildman–Crippen MR) is 83.1 cm³/mol. The van der Waals surface area contributed by atoms with Crippen molar-refractivity contribution in [3.05, 3.63) is 29.8 Å². The molecular weight excluding hydrogens is 282 g/mol. The molecule has 1 aliphatic carbocycles. The summed E-state index contributed by atoms with van der Waals surface area (Å²) in [5.74, 6) is -0.751. The normalized spacial score (nSPS) is 15.0. The number of nitrogens with two attached hydrogens (primary N) is 1. The summed E-state index contributed by atoms with van der Waals surface area (Å²) in [5.41, 5.74) is 7.01. The molecule has 1 aromatic rings. The number of hydrogen-bond acceptors (Lipinski definition) is 4. The van der Waals surface area contributed by atoms with Gasteiger partial charge in [0.2, 0.25) is 12.2 Å². The Bertz CT molecular complexity index is 552. The van der Waals surface area contributed by atoms with E-state index in [1.807, 2.05) is 0 Å². The summed E-state index contributed by atoms with van der Waals surface area (Å²) < 4.78 is 0. The third-order valence-corrected chi connectivity index (χ3v) is 3.85. The predicted octanol–water partition coefficient (Wildman–Crippen LogP) is 0.592. The SMILES string of the molecule is CC(C(=O)C(=O)NCC1CC1)N(C=O)c1ccc(CN)cc1. The lowest BCUT2D eigenvalue weighted by molar-refractivity contribution is -0.138. The fourth-order valence-electron chi connectivity index (χ4n) is 2.14. The Kier molecular flexibility index (Phi) is 5.27. The Hall–Kier alpha value is -2.21. The van der Waals surface area contributed by atoms with Crippen LogP contribution in [0.5, 0.6) is 0 Å². The van der Waals surface area contributed by atoms with Gasteiger partial charge in [-0.25, -0.2) is 0 Å². The van der Waals surface area contributed by atoms with Gasteiger partial charge in [-0.3, -0.25) is 14.4 Å². The summed E-state index contributed by atoms with van der Waals surface area (Å²) in [6.07, 6.45) is 2.75. The zero-order valence-corrected chi connectivity index (χ0v) is 12.6. The number of benzene rings is 1. The van der Waals surface area contributed by atoms with Crippen molar-refractivity contribution in [2.75, 3.05) is 11.4 Å². The molecule has 0 heterocycles. The summed E-state index contributed by atoms with van der Waals surface area (Å²) in [6, 6.07) is 6.15. The van der Waals surface area contributed by atoms with Gasteiger partial charge in [0.05, 0.1) is 0 Å². The number of nitrogens with zero attached hydrogens (tertiary/aromatic N) is 1. The minimum atomic E-state index is -0.847. The minimum absolute atomic E-state index is 0.402. The van der Waals surface area contributed by atoms with Gasteiger partial charge < -0.3 is 16.0 Å². The number of rotatable bonds is 8. The maximum Gasteiger partial charge on any atom is 0.289 e. The van der Waals surface area contributed by atoms with Crippen molar-refractivity contribution in [1.29, 1.82) is 0 Å². The van der Waals surface area contributed by atoms with Crippen LogP contribution in [0.3, 0.4) is 0 Å². The molecule has 1 fully saturated rings. The molecule has 1 aromatic carbocycles. The van der Waals surface area contributed by atoms with Crippen molar-refractivity contribution in [2.24, 2.45) is 11.7 Å². The molecule has 22 heavy (non-hydrogen) atoms. The second-order valence-electron chi connectivity index (χ2n) is 5.58. The Morgan fingerprint density at radius 2 is 2.00 bits per heavy atom. The lowest BCUT2D eigenvalue weighted by Gasteiger charge is -2.23. The van der Waals surface area contributed by atoms with Crippen molar-refractivity contribution in [1.82, 2.24) is 5.32 Å². The number of carbonyl (C=O) groups excluding carboxylic acids is 3. The molecular formula is C16H21N3O3. The van der Waals surface area contributed by atoms with E-state index in [1.54, 1.807) is 31.2 Å². The summed E-state index contributed by atoms with van der Waals surface area (Å²) >= 11 is 0. The van der Waals surface area contributed by atoms with E-state index < -0.39 is 17.7 Å². The fourth-order valence-corrected chi connectivity index (χ4v) is 2.14. The Morgan fingerprint density at radius 1 is 1.36 bits per heavy atom. The quantitative estimate of drug-likeness (QED) is 0.543. The number of amides is 2. The molecule has 0 radical (unpaired) electrons. The summed E-state index contributed by atoms with van der Waals surface area (Å²) in [6.45, 7) is 2.48. The van der Waals surface area contributed by atoms with E-state index in [4.69, 9.17) is 5.73 Å². The maximum absolute atomic E-state index is 12.1. The van der Waals surface area contributed by atoms with E-state index in [9.17, 15) is 14.4 Å². The molecule has 0 aliphatic heterocycles. The van der Waals surface area contributed by atoms with E-state index in [0.717, 1.165) is 18.4 Å². The molecule has 1 aliphatic rings.